The monoisotopic (exact) mass is 462 g/mol. The van der Waals surface area contributed by atoms with Crippen molar-refractivity contribution in [3.8, 4) is 5.75 Å². The third-order valence-corrected chi connectivity index (χ3v) is 9.66. The van der Waals surface area contributed by atoms with Gasteiger partial charge in [0, 0.05) is 13.1 Å². The van der Waals surface area contributed by atoms with E-state index >= 15 is 0 Å². The van der Waals surface area contributed by atoms with Crippen molar-refractivity contribution in [1.29, 1.82) is 0 Å². The molecule has 0 spiro atoms. The van der Waals surface area contributed by atoms with E-state index in [1.807, 2.05) is 24.3 Å². The van der Waals surface area contributed by atoms with Crippen molar-refractivity contribution in [2.75, 3.05) is 26.0 Å². The number of carbonyl (C=O) groups excluding carboxylic acids is 1. The second-order valence-electron chi connectivity index (χ2n) is 7.04. The zero-order valence-corrected chi connectivity index (χ0v) is 18.9. The number of likely N-dealkylation sites (tertiary alicyclic amines) is 1. The van der Waals surface area contributed by atoms with E-state index in [-0.39, 0.29) is 5.91 Å². The molecule has 3 aromatic rings. The summed E-state index contributed by atoms with van der Waals surface area (Å²) < 4.78 is 32.9. The minimum absolute atomic E-state index is 0.0274. The van der Waals surface area contributed by atoms with Gasteiger partial charge in [0.15, 0.2) is 14.2 Å². The van der Waals surface area contributed by atoms with Crippen LogP contribution in [-0.4, -0.2) is 55.4 Å². The topological polar surface area (TPSA) is 76.6 Å². The number of aromatic nitrogens is 1. The van der Waals surface area contributed by atoms with Crippen LogP contribution in [0.5, 0.6) is 5.75 Å². The molecular weight excluding hydrogens is 440 g/mol. The SMILES string of the molecule is COc1ccc(S(=O)(=O)C2CCN(C(=O)CSc3nc4ccccc4s3)CC2)cc1. The molecular formula is C21H22N2O4S3. The maximum absolute atomic E-state index is 12.9. The molecule has 4 rings (SSSR count). The highest BCUT2D eigenvalue weighted by molar-refractivity contribution is 8.01. The molecule has 2 aromatic carbocycles. The molecule has 0 aliphatic carbocycles. The Kier molecular flexibility index (Phi) is 6.31. The van der Waals surface area contributed by atoms with Crippen LogP contribution in [0.2, 0.25) is 0 Å². The number of benzene rings is 2. The Hall–Kier alpha value is -2.10. The van der Waals surface area contributed by atoms with Gasteiger partial charge in [-0.2, -0.15) is 0 Å². The molecule has 6 nitrogen and oxygen atoms in total. The Morgan fingerprint density at radius 1 is 1.17 bits per heavy atom. The molecule has 1 aromatic heterocycles. The fraction of sp³-hybridized carbons (Fsp3) is 0.333. The van der Waals surface area contributed by atoms with Gasteiger partial charge in [0.1, 0.15) is 5.75 Å². The number of hydrogen-bond acceptors (Lipinski definition) is 7. The molecule has 0 bridgehead atoms. The van der Waals surface area contributed by atoms with Crippen molar-refractivity contribution in [3.05, 3.63) is 48.5 Å². The highest BCUT2D eigenvalue weighted by Gasteiger charge is 2.32. The number of hydrogen-bond donors (Lipinski definition) is 0. The molecule has 0 N–H and O–H groups in total. The smallest absolute Gasteiger partial charge is 0.233 e. The van der Waals surface area contributed by atoms with E-state index in [1.54, 1.807) is 47.6 Å². The van der Waals surface area contributed by atoms with Crippen molar-refractivity contribution in [1.82, 2.24) is 9.88 Å². The van der Waals surface area contributed by atoms with E-state index in [1.165, 1.54) is 11.8 Å². The third-order valence-electron chi connectivity index (χ3n) is 5.21. The third kappa shape index (κ3) is 4.48. The first kappa shape index (κ1) is 21.1. The molecule has 0 unspecified atom stereocenters. The van der Waals surface area contributed by atoms with Crippen molar-refractivity contribution in [2.24, 2.45) is 0 Å². The number of methoxy groups -OCH3 is 1. The molecule has 1 aliphatic rings. The van der Waals surface area contributed by atoms with Gasteiger partial charge in [-0.15, -0.1) is 11.3 Å². The second-order valence-corrected chi connectivity index (χ2v) is 11.5. The van der Waals surface area contributed by atoms with Crippen LogP contribution in [0.25, 0.3) is 10.2 Å². The lowest BCUT2D eigenvalue weighted by molar-refractivity contribution is -0.129. The Labute approximate surface area is 184 Å². The van der Waals surface area contributed by atoms with E-state index in [9.17, 15) is 13.2 Å². The molecule has 1 fully saturated rings. The van der Waals surface area contributed by atoms with Gasteiger partial charge in [-0.3, -0.25) is 4.79 Å². The summed E-state index contributed by atoms with van der Waals surface area (Å²) in [7, 11) is -1.87. The Morgan fingerprint density at radius 3 is 2.53 bits per heavy atom. The van der Waals surface area contributed by atoms with Crippen LogP contribution in [-0.2, 0) is 14.6 Å². The molecule has 158 valence electrons. The number of thioether (sulfide) groups is 1. The number of thiazole rings is 1. The van der Waals surface area contributed by atoms with Gasteiger partial charge in [-0.05, 0) is 49.2 Å². The quantitative estimate of drug-likeness (QED) is 0.518. The van der Waals surface area contributed by atoms with Crippen LogP contribution in [0.4, 0.5) is 0 Å². The van der Waals surface area contributed by atoms with Gasteiger partial charge < -0.3 is 9.64 Å². The van der Waals surface area contributed by atoms with Gasteiger partial charge in [0.05, 0.1) is 33.2 Å². The van der Waals surface area contributed by atoms with Crippen LogP contribution in [0.15, 0.2) is 57.8 Å². The lowest BCUT2D eigenvalue weighted by Gasteiger charge is -2.31. The molecule has 9 heteroatoms. The van der Waals surface area contributed by atoms with Gasteiger partial charge >= 0.3 is 0 Å². The summed E-state index contributed by atoms with van der Waals surface area (Å²) in [6.45, 7) is 0.915. The summed E-state index contributed by atoms with van der Waals surface area (Å²) in [5.41, 5.74) is 0.946. The highest BCUT2D eigenvalue weighted by Crippen LogP contribution is 2.30. The second kappa shape index (κ2) is 8.95. The zero-order valence-electron chi connectivity index (χ0n) is 16.5. The Balaban J connectivity index is 1.32. The number of para-hydroxylation sites is 1. The molecule has 1 amide bonds. The van der Waals surface area contributed by atoms with E-state index in [2.05, 4.69) is 4.98 Å². The predicted octanol–water partition coefficient (Wildman–Crippen LogP) is 3.86. The first-order chi connectivity index (χ1) is 14.5. The van der Waals surface area contributed by atoms with Gasteiger partial charge in [0.25, 0.3) is 0 Å². The van der Waals surface area contributed by atoms with Crippen LogP contribution in [0.3, 0.4) is 0 Å². The number of rotatable bonds is 6. The fourth-order valence-electron chi connectivity index (χ4n) is 3.50. The van der Waals surface area contributed by atoms with Gasteiger partial charge in [0.2, 0.25) is 5.91 Å². The average Bonchev–Trinajstić information content (AvgIpc) is 3.20. The maximum atomic E-state index is 12.9. The van der Waals surface area contributed by atoms with Crippen molar-refractivity contribution < 1.29 is 17.9 Å². The summed E-state index contributed by atoms with van der Waals surface area (Å²) in [5.74, 6) is 0.968. The van der Waals surface area contributed by atoms with Gasteiger partial charge in [-0.25, -0.2) is 13.4 Å². The predicted molar refractivity (Wildman–Crippen MR) is 120 cm³/mol. The van der Waals surface area contributed by atoms with E-state index in [0.29, 0.717) is 42.3 Å². The van der Waals surface area contributed by atoms with Gasteiger partial charge in [-0.1, -0.05) is 23.9 Å². The molecule has 0 radical (unpaired) electrons. The summed E-state index contributed by atoms with van der Waals surface area (Å²) in [4.78, 5) is 19.2. The van der Waals surface area contributed by atoms with Crippen molar-refractivity contribution >= 4 is 49.1 Å². The standard InChI is InChI=1S/C21H22N2O4S3/c1-27-15-6-8-16(9-7-15)30(25,26)17-10-12-23(13-11-17)20(24)14-28-21-22-18-4-2-3-5-19(18)29-21/h2-9,17H,10-14H2,1H3. The average molecular weight is 463 g/mol. The molecule has 2 heterocycles. The number of fused-ring (bicyclic) bond motifs is 1. The summed E-state index contributed by atoms with van der Waals surface area (Å²) >= 11 is 3.02. The van der Waals surface area contributed by atoms with Crippen LogP contribution < -0.4 is 4.74 Å². The Morgan fingerprint density at radius 2 is 1.87 bits per heavy atom. The molecule has 0 atom stereocenters. The lowest BCUT2D eigenvalue weighted by Crippen LogP contribution is -2.43. The number of nitrogens with zero attached hydrogens (tertiary/aromatic N) is 2. The number of piperidine rings is 1. The van der Waals surface area contributed by atoms with Crippen LogP contribution in [0.1, 0.15) is 12.8 Å². The van der Waals surface area contributed by atoms with Crippen LogP contribution in [0, 0.1) is 0 Å². The van der Waals surface area contributed by atoms with Crippen molar-refractivity contribution in [2.45, 2.75) is 27.3 Å². The normalized spacial score (nSPS) is 15.4. The maximum Gasteiger partial charge on any atom is 0.233 e. The largest absolute Gasteiger partial charge is 0.497 e. The zero-order chi connectivity index (χ0) is 21.1. The minimum Gasteiger partial charge on any atom is -0.497 e. The first-order valence-corrected chi connectivity index (χ1v) is 13.0. The molecule has 0 saturated carbocycles. The van der Waals surface area contributed by atoms with Crippen molar-refractivity contribution in [3.63, 3.8) is 0 Å². The first-order valence-electron chi connectivity index (χ1n) is 9.61. The number of carbonyl (C=O) groups is 1. The molecule has 1 aliphatic heterocycles. The number of ether oxygens (including phenoxy) is 1. The van der Waals surface area contributed by atoms with Crippen LogP contribution >= 0.6 is 23.1 Å². The molecule has 30 heavy (non-hydrogen) atoms. The summed E-state index contributed by atoms with van der Waals surface area (Å²) in [6.07, 6.45) is 0.901. The molecule has 1 saturated heterocycles. The van der Waals surface area contributed by atoms with E-state index < -0.39 is 15.1 Å². The number of amides is 1. The Bertz CT molecular complexity index is 1100. The van der Waals surface area contributed by atoms with E-state index in [4.69, 9.17) is 4.74 Å². The summed E-state index contributed by atoms with van der Waals surface area (Å²) in [5, 5.41) is -0.466. The minimum atomic E-state index is -3.41. The highest BCUT2D eigenvalue weighted by atomic mass is 32.2. The van der Waals surface area contributed by atoms with E-state index in [0.717, 1.165) is 14.6 Å². The summed E-state index contributed by atoms with van der Waals surface area (Å²) in [6, 6.07) is 14.4. The lowest BCUT2D eigenvalue weighted by atomic mass is 10.1. The number of sulfone groups is 1. The fourth-order valence-corrected chi connectivity index (χ4v) is 7.20.